The fourth-order valence-corrected chi connectivity index (χ4v) is 4.82. The van der Waals surface area contributed by atoms with Gasteiger partial charge in [0.2, 0.25) is 0 Å². The SMILES string of the molecule is COc1ccc2[nH]c3c(c2c1)CCN(CCCn1cc(C(=O)C(F)(F)F)c2ccccc21)C3. The number of para-hydroxylation sites is 1. The molecule has 0 radical (unpaired) electrons. The molecule has 0 saturated carbocycles. The van der Waals surface area contributed by atoms with Crippen LogP contribution in [0.1, 0.15) is 28.0 Å². The molecule has 172 valence electrons. The summed E-state index contributed by atoms with van der Waals surface area (Å²) in [6, 6.07) is 12.8. The molecule has 5 rings (SSSR count). The number of carbonyl (C=O) groups excluding carboxylic acids is 1. The monoisotopic (exact) mass is 455 g/mol. The lowest BCUT2D eigenvalue weighted by Crippen LogP contribution is -2.31. The minimum atomic E-state index is -4.88. The highest BCUT2D eigenvalue weighted by molar-refractivity contribution is 6.10. The van der Waals surface area contributed by atoms with E-state index in [0.717, 1.165) is 43.7 Å². The van der Waals surface area contributed by atoms with Crippen LogP contribution >= 0.6 is 0 Å². The zero-order valence-electron chi connectivity index (χ0n) is 18.2. The van der Waals surface area contributed by atoms with Crippen molar-refractivity contribution in [3.05, 3.63) is 65.5 Å². The van der Waals surface area contributed by atoms with Crippen LogP contribution in [0.15, 0.2) is 48.7 Å². The van der Waals surface area contributed by atoms with Crippen LogP contribution in [0.5, 0.6) is 5.75 Å². The first-order chi connectivity index (χ1) is 15.8. The summed E-state index contributed by atoms with van der Waals surface area (Å²) in [5.74, 6) is -0.953. The third kappa shape index (κ3) is 3.99. The van der Waals surface area contributed by atoms with Crippen molar-refractivity contribution < 1.29 is 22.7 Å². The van der Waals surface area contributed by atoms with Crippen molar-refractivity contribution in [1.29, 1.82) is 0 Å². The molecule has 4 aromatic rings. The first-order valence-electron chi connectivity index (χ1n) is 10.9. The number of ketones is 1. The van der Waals surface area contributed by atoms with Gasteiger partial charge in [-0.2, -0.15) is 13.2 Å². The van der Waals surface area contributed by atoms with Gasteiger partial charge < -0.3 is 14.3 Å². The van der Waals surface area contributed by atoms with Gasteiger partial charge in [0.25, 0.3) is 5.78 Å². The first kappa shape index (κ1) is 21.6. The number of rotatable bonds is 6. The van der Waals surface area contributed by atoms with Gasteiger partial charge in [-0.1, -0.05) is 18.2 Å². The number of hydrogen-bond acceptors (Lipinski definition) is 3. The Kier molecular flexibility index (Phi) is 5.40. The van der Waals surface area contributed by atoms with Crippen molar-refractivity contribution in [3.8, 4) is 5.75 Å². The molecular weight excluding hydrogens is 431 g/mol. The number of nitrogens with one attached hydrogen (secondary N) is 1. The number of H-pyrrole nitrogens is 1. The number of aromatic nitrogens is 2. The maximum atomic E-state index is 13.0. The van der Waals surface area contributed by atoms with Gasteiger partial charge in [-0.3, -0.25) is 9.69 Å². The summed E-state index contributed by atoms with van der Waals surface area (Å²) in [5.41, 5.74) is 3.99. The Hall–Kier alpha value is -3.26. The van der Waals surface area contributed by atoms with Crippen LogP contribution in [-0.4, -0.2) is 46.6 Å². The van der Waals surface area contributed by atoms with Crippen molar-refractivity contribution in [1.82, 2.24) is 14.5 Å². The lowest BCUT2D eigenvalue weighted by atomic mass is 10.0. The second-order valence-corrected chi connectivity index (χ2v) is 8.45. The molecule has 0 bridgehead atoms. The lowest BCUT2D eigenvalue weighted by Gasteiger charge is -2.27. The van der Waals surface area contributed by atoms with E-state index in [4.69, 9.17) is 4.74 Å². The third-order valence-corrected chi connectivity index (χ3v) is 6.43. The zero-order valence-corrected chi connectivity index (χ0v) is 18.2. The number of alkyl halides is 3. The van der Waals surface area contributed by atoms with Gasteiger partial charge in [0.15, 0.2) is 0 Å². The number of aromatic amines is 1. The van der Waals surface area contributed by atoms with E-state index in [1.54, 1.807) is 35.9 Å². The third-order valence-electron chi connectivity index (χ3n) is 6.43. The van der Waals surface area contributed by atoms with E-state index in [1.165, 1.54) is 22.8 Å². The van der Waals surface area contributed by atoms with Crippen LogP contribution in [0, 0.1) is 0 Å². The summed E-state index contributed by atoms with van der Waals surface area (Å²) in [4.78, 5) is 17.8. The van der Waals surface area contributed by atoms with Crippen molar-refractivity contribution in [2.75, 3.05) is 20.2 Å². The molecule has 1 aliphatic heterocycles. The van der Waals surface area contributed by atoms with Gasteiger partial charge in [0.1, 0.15) is 5.75 Å². The van der Waals surface area contributed by atoms with Crippen molar-refractivity contribution in [2.24, 2.45) is 0 Å². The molecule has 0 atom stereocenters. The highest BCUT2D eigenvalue weighted by atomic mass is 19.4. The number of Topliss-reactive ketones (excluding diaryl/α,β-unsaturated/α-hetero) is 1. The summed E-state index contributed by atoms with van der Waals surface area (Å²) in [5, 5.41) is 1.54. The summed E-state index contributed by atoms with van der Waals surface area (Å²) in [6.07, 6.45) is -1.84. The predicted octanol–water partition coefficient (Wildman–Crippen LogP) is 5.32. The topological polar surface area (TPSA) is 50.3 Å². The van der Waals surface area contributed by atoms with Gasteiger partial charge in [0, 0.05) is 59.9 Å². The summed E-state index contributed by atoms with van der Waals surface area (Å²) in [6.45, 7) is 3.07. The normalized spacial score (nSPS) is 14.7. The maximum absolute atomic E-state index is 13.0. The van der Waals surface area contributed by atoms with E-state index in [-0.39, 0.29) is 5.56 Å². The highest BCUT2D eigenvalue weighted by Crippen LogP contribution is 2.31. The Balaban J connectivity index is 1.29. The number of hydrogen-bond donors (Lipinski definition) is 1. The Labute approximate surface area is 188 Å². The molecule has 0 amide bonds. The molecule has 33 heavy (non-hydrogen) atoms. The van der Waals surface area contributed by atoms with Gasteiger partial charge in [-0.15, -0.1) is 0 Å². The summed E-state index contributed by atoms with van der Waals surface area (Å²) >= 11 is 0. The largest absolute Gasteiger partial charge is 0.497 e. The van der Waals surface area contributed by atoms with Crippen molar-refractivity contribution in [2.45, 2.75) is 32.1 Å². The van der Waals surface area contributed by atoms with Gasteiger partial charge in [0.05, 0.1) is 12.7 Å². The van der Waals surface area contributed by atoms with Crippen LogP contribution in [0.2, 0.25) is 0 Å². The molecule has 5 nitrogen and oxygen atoms in total. The van der Waals surface area contributed by atoms with E-state index in [9.17, 15) is 18.0 Å². The van der Waals surface area contributed by atoms with Gasteiger partial charge >= 0.3 is 6.18 Å². The van der Waals surface area contributed by atoms with Crippen LogP contribution < -0.4 is 4.74 Å². The van der Waals surface area contributed by atoms with E-state index >= 15 is 0 Å². The quantitative estimate of drug-likeness (QED) is 0.400. The molecule has 1 N–H and O–H groups in total. The van der Waals surface area contributed by atoms with Crippen LogP contribution in [-0.2, 0) is 19.5 Å². The second kappa shape index (κ2) is 8.26. The molecule has 8 heteroatoms. The Morgan fingerprint density at radius 3 is 2.73 bits per heavy atom. The predicted molar refractivity (Wildman–Crippen MR) is 121 cm³/mol. The number of methoxy groups -OCH3 is 1. The molecular formula is C25H24F3N3O2. The average Bonchev–Trinajstić information content (AvgIpc) is 3.35. The number of nitrogens with zero attached hydrogens (tertiary/aromatic N) is 2. The molecule has 3 heterocycles. The minimum absolute atomic E-state index is 0.283. The number of carbonyl (C=O) groups is 1. The number of benzene rings is 2. The summed E-state index contributed by atoms with van der Waals surface area (Å²) in [7, 11) is 1.66. The molecule has 0 aliphatic carbocycles. The molecule has 0 unspecified atom stereocenters. The number of halogens is 3. The van der Waals surface area contributed by atoms with Gasteiger partial charge in [-0.05, 0) is 42.7 Å². The summed E-state index contributed by atoms with van der Waals surface area (Å²) < 4.78 is 46.2. The van der Waals surface area contributed by atoms with Gasteiger partial charge in [-0.25, -0.2) is 0 Å². The van der Waals surface area contributed by atoms with Crippen molar-refractivity contribution in [3.63, 3.8) is 0 Å². The van der Waals surface area contributed by atoms with E-state index in [0.29, 0.717) is 17.4 Å². The Morgan fingerprint density at radius 1 is 1.12 bits per heavy atom. The van der Waals surface area contributed by atoms with Crippen LogP contribution in [0.25, 0.3) is 21.8 Å². The molecule has 0 fully saturated rings. The van der Waals surface area contributed by atoms with Crippen molar-refractivity contribution >= 4 is 27.6 Å². The average molecular weight is 455 g/mol. The lowest BCUT2D eigenvalue weighted by molar-refractivity contribution is -0.0884. The molecule has 1 aliphatic rings. The van der Waals surface area contributed by atoms with Crippen LogP contribution in [0.3, 0.4) is 0 Å². The molecule has 0 spiro atoms. The number of ether oxygens (including phenoxy) is 1. The number of aryl methyl sites for hydroxylation is 1. The number of fused-ring (bicyclic) bond motifs is 4. The van der Waals surface area contributed by atoms with E-state index < -0.39 is 12.0 Å². The molecule has 2 aromatic carbocycles. The minimum Gasteiger partial charge on any atom is -0.497 e. The fraction of sp³-hybridized carbons (Fsp3) is 0.320. The fourth-order valence-electron chi connectivity index (χ4n) is 4.82. The van der Waals surface area contributed by atoms with E-state index in [2.05, 4.69) is 16.0 Å². The standard InChI is InChI=1S/C25H24F3N3O2/c1-33-16-7-8-21-19(13-16)17-9-12-30(15-22(17)29-21)10-4-11-31-14-20(24(32)25(26,27)28)18-5-2-3-6-23(18)31/h2-3,5-8,13-14,29H,4,9-12,15H2,1H3. The highest BCUT2D eigenvalue weighted by Gasteiger charge is 2.40. The second-order valence-electron chi connectivity index (χ2n) is 8.45. The first-order valence-corrected chi connectivity index (χ1v) is 10.9. The Bertz CT molecular complexity index is 1340. The molecule has 2 aromatic heterocycles. The Morgan fingerprint density at radius 2 is 1.94 bits per heavy atom. The maximum Gasteiger partial charge on any atom is 0.454 e. The smallest absolute Gasteiger partial charge is 0.454 e. The molecule has 0 saturated heterocycles. The van der Waals surface area contributed by atoms with Crippen LogP contribution in [0.4, 0.5) is 13.2 Å². The van der Waals surface area contributed by atoms with E-state index in [1.807, 2.05) is 12.1 Å². The zero-order chi connectivity index (χ0) is 23.2.